The molecule has 0 spiro atoms. The Bertz CT molecular complexity index is 1060. The van der Waals surface area contributed by atoms with Gasteiger partial charge in [0.2, 0.25) is 17.7 Å². The standard InChI is InChI=1S/C32H50N4O7/c1-21(43-32(2,3)4)27(36-31(41)42-20-23-13-9-6-10-14-23)30(40)35-26(17-22-11-7-5-8-12-22)29(39)34-25(19-37)18-24-15-16-33-28(24)38/h6,9-10,13-14,21-22,24-27,37H,5,7-8,11-12,15-20H2,1-4H3,(H,33,38)(H,34,39)(H,35,40)(H,36,41). The lowest BCUT2D eigenvalue weighted by Gasteiger charge is -2.32. The smallest absolute Gasteiger partial charge is 0.408 e. The number of hydrogen-bond donors (Lipinski definition) is 5. The summed E-state index contributed by atoms with van der Waals surface area (Å²) in [6.45, 7) is 7.53. The molecule has 4 amide bonds. The number of nitrogens with one attached hydrogen (secondary N) is 4. The number of carbonyl (C=O) groups is 4. The van der Waals surface area contributed by atoms with Gasteiger partial charge in [-0.15, -0.1) is 0 Å². The Morgan fingerprint density at radius 2 is 1.67 bits per heavy atom. The van der Waals surface area contributed by atoms with Gasteiger partial charge in [0.05, 0.1) is 24.4 Å². The number of rotatable bonds is 14. The van der Waals surface area contributed by atoms with Crippen LogP contribution in [0.25, 0.3) is 0 Å². The van der Waals surface area contributed by atoms with Crippen molar-refractivity contribution in [3.63, 3.8) is 0 Å². The molecule has 43 heavy (non-hydrogen) atoms. The van der Waals surface area contributed by atoms with Crippen LogP contribution >= 0.6 is 0 Å². The molecule has 0 bridgehead atoms. The molecule has 1 aromatic rings. The van der Waals surface area contributed by atoms with Gasteiger partial charge in [-0.1, -0.05) is 62.4 Å². The van der Waals surface area contributed by atoms with Crippen molar-refractivity contribution in [1.29, 1.82) is 0 Å². The summed E-state index contributed by atoms with van der Waals surface area (Å²) in [5.41, 5.74) is 0.197. The van der Waals surface area contributed by atoms with Crippen molar-refractivity contribution >= 4 is 23.8 Å². The van der Waals surface area contributed by atoms with Crippen molar-refractivity contribution in [1.82, 2.24) is 21.3 Å². The second kappa shape index (κ2) is 16.6. The highest BCUT2D eigenvalue weighted by Crippen LogP contribution is 2.28. The average molecular weight is 603 g/mol. The number of ether oxygens (including phenoxy) is 2. The van der Waals surface area contributed by atoms with Crippen molar-refractivity contribution in [2.45, 2.75) is 115 Å². The third kappa shape index (κ3) is 11.8. The highest BCUT2D eigenvalue weighted by molar-refractivity contribution is 5.91. The van der Waals surface area contributed by atoms with Gasteiger partial charge in [-0.25, -0.2) is 4.79 Å². The minimum atomic E-state index is -1.14. The zero-order valence-electron chi connectivity index (χ0n) is 26.0. The Morgan fingerprint density at radius 1 is 0.977 bits per heavy atom. The van der Waals surface area contributed by atoms with E-state index >= 15 is 0 Å². The molecule has 1 aliphatic heterocycles. The van der Waals surface area contributed by atoms with Crippen LogP contribution in [0.1, 0.15) is 84.6 Å². The van der Waals surface area contributed by atoms with Gasteiger partial charge in [-0.2, -0.15) is 0 Å². The Hall–Kier alpha value is -3.18. The Balaban J connectivity index is 1.73. The number of hydrogen-bond acceptors (Lipinski definition) is 7. The van der Waals surface area contributed by atoms with E-state index in [0.29, 0.717) is 25.8 Å². The van der Waals surface area contributed by atoms with Crippen LogP contribution in [-0.2, 0) is 30.5 Å². The average Bonchev–Trinajstić information content (AvgIpc) is 3.37. The lowest BCUT2D eigenvalue weighted by atomic mass is 9.84. The minimum Gasteiger partial charge on any atom is -0.445 e. The summed E-state index contributed by atoms with van der Waals surface area (Å²) in [5, 5.41) is 21.2. The molecule has 5 unspecified atom stereocenters. The molecule has 2 fully saturated rings. The number of amides is 4. The van der Waals surface area contributed by atoms with E-state index in [9.17, 15) is 24.3 Å². The third-order valence-corrected chi connectivity index (χ3v) is 8.00. The minimum absolute atomic E-state index is 0.0315. The first-order valence-corrected chi connectivity index (χ1v) is 15.6. The molecular formula is C32H50N4O7. The van der Waals surface area contributed by atoms with Gasteiger partial charge in [0, 0.05) is 12.5 Å². The largest absolute Gasteiger partial charge is 0.445 e. The van der Waals surface area contributed by atoms with Crippen LogP contribution in [0.3, 0.4) is 0 Å². The number of aliphatic hydroxyl groups is 1. The zero-order valence-corrected chi connectivity index (χ0v) is 26.0. The summed E-state index contributed by atoms with van der Waals surface area (Å²) in [4.78, 5) is 52.3. The third-order valence-electron chi connectivity index (χ3n) is 8.00. The fourth-order valence-corrected chi connectivity index (χ4v) is 5.86. The maximum atomic E-state index is 13.8. The van der Waals surface area contributed by atoms with Crippen LogP contribution in [0.2, 0.25) is 0 Å². The lowest BCUT2D eigenvalue weighted by Crippen LogP contribution is -2.59. The molecule has 3 rings (SSSR count). The van der Waals surface area contributed by atoms with E-state index in [1.165, 1.54) is 0 Å². The summed E-state index contributed by atoms with van der Waals surface area (Å²) in [6.07, 6.45) is 5.07. The first-order valence-electron chi connectivity index (χ1n) is 15.6. The molecule has 1 saturated carbocycles. The quantitative estimate of drug-likeness (QED) is 0.219. The fraction of sp³-hybridized carbons (Fsp3) is 0.688. The van der Waals surface area contributed by atoms with E-state index in [2.05, 4.69) is 21.3 Å². The molecule has 1 saturated heterocycles. The summed E-state index contributed by atoms with van der Waals surface area (Å²) in [5.74, 6) is -1.11. The SMILES string of the molecule is CC(OC(C)(C)C)C(NC(=O)OCc1ccccc1)C(=O)NC(CC1CCCCC1)C(=O)NC(CO)CC1CCNC1=O. The maximum absolute atomic E-state index is 13.8. The van der Waals surface area contributed by atoms with Gasteiger partial charge < -0.3 is 35.8 Å². The molecule has 11 heteroatoms. The van der Waals surface area contributed by atoms with Crippen molar-refractivity contribution in [2.75, 3.05) is 13.2 Å². The van der Waals surface area contributed by atoms with Crippen molar-refractivity contribution in [3.05, 3.63) is 35.9 Å². The molecule has 5 atom stereocenters. The lowest BCUT2D eigenvalue weighted by molar-refractivity contribution is -0.136. The molecule has 0 radical (unpaired) electrons. The highest BCUT2D eigenvalue weighted by Gasteiger charge is 2.36. The number of carbonyl (C=O) groups excluding carboxylic acids is 4. The first-order chi connectivity index (χ1) is 20.4. The molecule has 1 aliphatic carbocycles. The predicted octanol–water partition coefficient (Wildman–Crippen LogP) is 2.94. The Labute approximate surface area is 255 Å². The molecule has 1 heterocycles. The number of benzene rings is 1. The van der Waals surface area contributed by atoms with Crippen LogP contribution < -0.4 is 21.3 Å². The maximum Gasteiger partial charge on any atom is 0.408 e. The summed E-state index contributed by atoms with van der Waals surface area (Å²) in [6, 6.07) is 6.54. The van der Waals surface area contributed by atoms with Crippen molar-refractivity contribution < 1.29 is 33.8 Å². The Kier molecular flexibility index (Phi) is 13.3. The van der Waals surface area contributed by atoms with Gasteiger partial charge in [0.15, 0.2) is 0 Å². The molecule has 2 aliphatic rings. The van der Waals surface area contributed by atoms with Crippen LogP contribution in [-0.4, -0.2) is 71.9 Å². The predicted molar refractivity (Wildman–Crippen MR) is 162 cm³/mol. The van der Waals surface area contributed by atoms with Gasteiger partial charge in [0.1, 0.15) is 18.7 Å². The monoisotopic (exact) mass is 602 g/mol. The van der Waals surface area contributed by atoms with Crippen molar-refractivity contribution in [3.8, 4) is 0 Å². The van der Waals surface area contributed by atoms with E-state index in [1.807, 2.05) is 51.1 Å². The van der Waals surface area contributed by atoms with Gasteiger partial charge in [-0.05, 0) is 58.4 Å². The summed E-state index contributed by atoms with van der Waals surface area (Å²) in [7, 11) is 0. The molecule has 0 aromatic heterocycles. The van der Waals surface area contributed by atoms with Crippen LogP contribution in [0.5, 0.6) is 0 Å². The van der Waals surface area contributed by atoms with E-state index in [0.717, 1.165) is 37.7 Å². The molecular weight excluding hydrogens is 552 g/mol. The Morgan fingerprint density at radius 3 is 2.28 bits per heavy atom. The second-order valence-electron chi connectivity index (χ2n) is 12.8. The van der Waals surface area contributed by atoms with E-state index in [4.69, 9.17) is 9.47 Å². The van der Waals surface area contributed by atoms with Crippen LogP contribution in [0, 0.1) is 11.8 Å². The zero-order chi connectivity index (χ0) is 31.4. The normalized spacial score (nSPS) is 20.3. The van der Waals surface area contributed by atoms with Crippen LogP contribution in [0.4, 0.5) is 4.79 Å². The van der Waals surface area contributed by atoms with Gasteiger partial charge in [0.25, 0.3) is 0 Å². The summed E-state index contributed by atoms with van der Waals surface area (Å²) >= 11 is 0. The molecule has 240 valence electrons. The molecule has 1 aromatic carbocycles. The first kappa shape index (κ1) is 34.3. The second-order valence-corrected chi connectivity index (χ2v) is 12.8. The fourth-order valence-electron chi connectivity index (χ4n) is 5.86. The van der Waals surface area contributed by atoms with E-state index < -0.39 is 47.7 Å². The molecule has 11 nitrogen and oxygen atoms in total. The van der Waals surface area contributed by atoms with Gasteiger partial charge in [-0.3, -0.25) is 14.4 Å². The highest BCUT2D eigenvalue weighted by atomic mass is 16.6. The topological polar surface area (TPSA) is 155 Å². The number of alkyl carbamates (subject to hydrolysis) is 1. The van der Waals surface area contributed by atoms with Crippen LogP contribution in [0.15, 0.2) is 30.3 Å². The van der Waals surface area contributed by atoms with E-state index in [-0.39, 0.29) is 31.0 Å². The number of aliphatic hydroxyl groups excluding tert-OH is 1. The van der Waals surface area contributed by atoms with E-state index in [1.54, 1.807) is 6.92 Å². The van der Waals surface area contributed by atoms with Gasteiger partial charge >= 0.3 is 6.09 Å². The van der Waals surface area contributed by atoms with Crippen molar-refractivity contribution in [2.24, 2.45) is 11.8 Å². The molecule has 5 N–H and O–H groups in total. The summed E-state index contributed by atoms with van der Waals surface area (Å²) < 4.78 is 11.4.